The molecule has 2 amide bonds. The van der Waals surface area contributed by atoms with E-state index in [2.05, 4.69) is 29.4 Å². The number of urea groups is 1. The first-order valence-corrected chi connectivity index (χ1v) is 7.98. The van der Waals surface area contributed by atoms with E-state index < -0.39 is 18.0 Å². The maximum atomic E-state index is 11.7. The van der Waals surface area contributed by atoms with Crippen molar-refractivity contribution >= 4 is 23.8 Å². The Hall–Kier alpha value is -0.950. The summed E-state index contributed by atoms with van der Waals surface area (Å²) in [6, 6.07) is -1.26. The normalized spacial score (nSPS) is 13.1. The summed E-state index contributed by atoms with van der Waals surface area (Å²) in [5.41, 5.74) is -0.0706. The lowest BCUT2D eigenvalue weighted by Gasteiger charge is -2.28. The molecule has 1 atom stereocenters. The monoisotopic (exact) mass is 305 g/mol. The number of carbonyl (C=O) groups is 2. The molecule has 3 N–H and O–H groups in total. The van der Waals surface area contributed by atoms with Crippen molar-refractivity contribution in [3.63, 3.8) is 0 Å². The molecule has 0 saturated heterocycles. The maximum absolute atomic E-state index is 11.7. The number of nitrogens with one attached hydrogen (secondary N) is 2. The van der Waals surface area contributed by atoms with Crippen molar-refractivity contribution in [2.45, 2.75) is 26.3 Å². The first kappa shape index (κ1) is 19.1. The molecule has 0 aromatic heterocycles. The first-order valence-electron chi connectivity index (χ1n) is 6.59. The van der Waals surface area contributed by atoms with E-state index in [1.54, 1.807) is 11.8 Å². The van der Waals surface area contributed by atoms with Crippen molar-refractivity contribution < 1.29 is 14.7 Å². The molecule has 20 heavy (non-hydrogen) atoms. The number of aliphatic carboxylic acids is 1. The predicted octanol–water partition coefficient (Wildman–Crippen LogP) is 1.08. The smallest absolute Gasteiger partial charge is 0.326 e. The van der Waals surface area contributed by atoms with Crippen LogP contribution in [0.5, 0.6) is 0 Å². The van der Waals surface area contributed by atoms with Gasteiger partial charge in [-0.05, 0) is 37.9 Å². The van der Waals surface area contributed by atoms with Crippen LogP contribution in [-0.2, 0) is 4.79 Å². The van der Waals surface area contributed by atoms with Crippen molar-refractivity contribution in [1.82, 2.24) is 15.5 Å². The molecule has 0 aromatic rings. The van der Waals surface area contributed by atoms with Crippen LogP contribution in [0, 0.1) is 5.41 Å². The van der Waals surface area contributed by atoms with Gasteiger partial charge in [0.05, 0.1) is 0 Å². The predicted molar refractivity (Wildman–Crippen MR) is 83.3 cm³/mol. The number of carboxylic acid groups (broad SMARTS) is 1. The Bertz CT molecular complexity index is 322. The Labute approximate surface area is 125 Å². The third kappa shape index (κ3) is 9.03. The summed E-state index contributed by atoms with van der Waals surface area (Å²) >= 11 is 1.56. The molecule has 0 aromatic carbocycles. The van der Waals surface area contributed by atoms with Gasteiger partial charge in [-0.25, -0.2) is 9.59 Å². The summed E-state index contributed by atoms with van der Waals surface area (Å²) in [6.45, 7) is 5.43. The molecule has 0 fully saturated rings. The van der Waals surface area contributed by atoms with Crippen LogP contribution in [-0.4, -0.2) is 67.2 Å². The fourth-order valence-electron chi connectivity index (χ4n) is 1.93. The minimum Gasteiger partial charge on any atom is -0.480 e. The fourth-order valence-corrected chi connectivity index (χ4v) is 2.41. The summed E-state index contributed by atoms with van der Waals surface area (Å²) < 4.78 is 0. The number of amides is 2. The molecule has 0 aliphatic carbocycles. The highest BCUT2D eigenvalue weighted by atomic mass is 32.2. The van der Waals surface area contributed by atoms with Crippen LogP contribution in [0.25, 0.3) is 0 Å². The average molecular weight is 305 g/mol. The number of nitrogens with zero attached hydrogens (tertiary/aromatic N) is 1. The van der Waals surface area contributed by atoms with E-state index in [1.807, 2.05) is 20.4 Å². The quantitative estimate of drug-likeness (QED) is 0.594. The van der Waals surface area contributed by atoms with Crippen LogP contribution in [0.4, 0.5) is 4.79 Å². The van der Waals surface area contributed by atoms with Gasteiger partial charge in [0, 0.05) is 13.1 Å². The van der Waals surface area contributed by atoms with Gasteiger partial charge in [-0.2, -0.15) is 11.8 Å². The van der Waals surface area contributed by atoms with E-state index in [0.717, 1.165) is 6.54 Å². The van der Waals surface area contributed by atoms with Crippen molar-refractivity contribution in [2.75, 3.05) is 39.2 Å². The van der Waals surface area contributed by atoms with Crippen molar-refractivity contribution in [2.24, 2.45) is 5.41 Å². The molecule has 0 unspecified atom stereocenters. The van der Waals surface area contributed by atoms with Crippen molar-refractivity contribution in [1.29, 1.82) is 0 Å². The Morgan fingerprint density at radius 2 is 1.95 bits per heavy atom. The molecule has 118 valence electrons. The average Bonchev–Trinajstić information content (AvgIpc) is 2.30. The van der Waals surface area contributed by atoms with Gasteiger partial charge in [0.1, 0.15) is 6.04 Å². The van der Waals surface area contributed by atoms with Gasteiger partial charge >= 0.3 is 12.0 Å². The summed E-state index contributed by atoms with van der Waals surface area (Å²) in [5.74, 6) is -0.301. The number of carbonyl (C=O) groups excluding carboxylic acids is 1. The van der Waals surface area contributed by atoms with Crippen LogP contribution in [0.1, 0.15) is 20.3 Å². The lowest BCUT2D eigenvalue weighted by molar-refractivity contribution is -0.139. The Morgan fingerprint density at radius 3 is 2.40 bits per heavy atom. The number of carboxylic acids is 1. The zero-order valence-corrected chi connectivity index (χ0v) is 13.8. The highest BCUT2D eigenvalue weighted by Crippen LogP contribution is 2.13. The molecule has 0 bridgehead atoms. The zero-order valence-electron chi connectivity index (χ0n) is 13.0. The summed E-state index contributed by atoms with van der Waals surface area (Å²) in [6.07, 6.45) is 2.33. The molecule has 0 radical (unpaired) electrons. The third-order valence-corrected chi connectivity index (χ3v) is 3.33. The Balaban J connectivity index is 4.22. The molecular weight excluding hydrogens is 278 g/mol. The SMILES string of the molecule is CSCC[C@@H](NC(=O)NCC(C)(C)CN(C)C)C(=O)O. The van der Waals surface area contributed by atoms with Gasteiger partial charge in [0.2, 0.25) is 0 Å². The van der Waals surface area contributed by atoms with Gasteiger partial charge in [0.25, 0.3) is 0 Å². The Kier molecular flexibility index (Phi) is 8.64. The van der Waals surface area contributed by atoms with E-state index in [4.69, 9.17) is 5.11 Å². The van der Waals surface area contributed by atoms with Crippen molar-refractivity contribution in [3.05, 3.63) is 0 Å². The van der Waals surface area contributed by atoms with Gasteiger partial charge in [0.15, 0.2) is 0 Å². The third-order valence-electron chi connectivity index (χ3n) is 2.69. The lowest BCUT2D eigenvalue weighted by Crippen LogP contribution is -2.49. The van der Waals surface area contributed by atoms with Gasteiger partial charge in [-0.3, -0.25) is 0 Å². The molecule has 0 aliphatic heterocycles. The molecular formula is C13H27N3O3S. The summed E-state index contributed by atoms with van der Waals surface area (Å²) in [4.78, 5) is 24.8. The van der Waals surface area contributed by atoms with Crippen LogP contribution in [0.3, 0.4) is 0 Å². The van der Waals surface area contributed by atoms with Gasteiger partial charge in [-0.15, -0.1) is 0 Å². The highest BCUT2D eigenvalue weighted by Gasteiger charge is 2.22. The largest absolute Gasteiger partial charge is 0.480 e. The van der Waals surface area contributed by atoms with Gasteiger partial charge < -0.3 is 20.6 Å². The molecule has 0 heterocycles. The number of rotatable bonds is 9. The summed E-state index contributed by atoms with van der Waals surface area (Å²) in [7, 11) is 3.95. The second-order valence-corrected chi connectivity index (χ2v) is 6.89. The first-order chi connectivity index (χ1) is 9.18. The number of thioether (sulfide) groups is 1. The molecule has 0 spiro atoms. The lowest BCUT2D eigenvalue weighted by atomic mass is 9.93. The van der Waals surface area contributed by atoms with Crippen LogP contribution in [0.2, 0.25) is 0 Å². The molecule has 0 saturated carbocycles. The zero-order chi connectivity index (χ0) is 15.8. The number of hydrogen-bond donors (Lipinski definition) is 3. The molecule has 7 heteroatoms. The van der Waals surface area contributed by atoms with E-state index in [1.165, 1.54) is 0 Å². The van der Waals surface area contributed by atoms with E-state index >= 15 is 0 Å². The topological polar surface area (TPSA) is 81.7 Å². The van der Waals surface area contributed by atoms with Gasteiger partial charge in [-0.1, -0.05) is 13.8 Å². The van der Waals surface area contributed by atoms with Crippen LogP contribution < -0.4 is 10.6 Å². The Morgan fingerprint density at radius 1 is 1.35 bits per heavy atom. The van der Waals surface area contributed by atoms with E-state index in [9.17, 15) is 9.59 Å². The number of hydrogen-bond acceptors (Lipinski definition) is 4. The second kappa shape index (κ2) is 9.07. The van der Waals surface area contributed by atoms with E-state index in [0.29, 0.717) is 18.7 Å². The molecule has 0 rings (SSSR count). The van der Waals surface area contributed by atoms with Crippen LogP contribution in [0.15, 0.2) is 0 Å². The van der Waals surface area contributed by atoms with Crippen LogP contribution >= 0.6 is 11.8 Å². The second-order valence-electron chi connectivity index (χ2n) is 5.90. The van der Waals surface area contributed by atoms with E-state index in [-0.39, 0.29) is 5.41 Å². The standard InChI is InChI=1S/C13H27N3O3S/c1-13(2,9-16(3)4)8-14-12(19)15-10(11(17)18)6-7-20-5/h10H,6-9H2,1-5H3,(H,17,18)(H2,14,15,19)/t10-/m1/s1. The molecule has 6 nitrogen and oxygen atoms in total. The maximum Gasteiger partial charge on any atom is 0.326 e. The molecule has 0 aliphatic rings. The van der Waals surface area contributed by atoms with Crippen molar-refractivity contribution in [3.8, 4) is 0 Å². The summed E-state index contributed by atoms with van der Waals surface area (Å²) in [5, 5.41) is 14.3. The highest BCUT2D eigenvalue weighted by molar-refractivity contribution is 7.98. The fraction of sp³-hybridized carbons (Fsp3) is 0.846. The minimum atomic E-state index is -0.998. The minimum absolute atomic E-state index is 0.0706.